The van der Waals surface area contributed by atoms with E-state index in [1.807, 2.05) is 5.32 Å². The zero-order valence-corrected chi connectivity index (χ0v) is 11.9. The Balaban J connectivity index is 4.95. The summed E-state index contributed by atoms with van der Waals surface area (Å²) in [5.74, 6) is -4.41. The maximum absolute atomic E-state index is 11.9. The van der Waals surface area contributed by atoms with E-state index in [0.29, 0.717) is 0 Å². The van der Waals surface area contributed by atoms with E-state index in [-0.39, 0.29) is 0 Å². The van der Waals surface area contributed by atoms with Crippen molar-refractivity contribution in [3.05, 3.63) is 0 Å². The molecule has 0 aromatic carbocycles. The molecule has 0 aromatic rings. The van der Waals surface area contributed by atoms with Crippen molar-refractivity contribution >= 4 is 23.7 Å². The first kappa shape index (κ1) is 19.8. The van der Waals surface area contributed by atoms with Crippen LogP contribution in [0.2, 0.25) is 0 Å². The summed E-state index contributed by atoms with van der Waals surface area (Å²) >= 11 is 0. The zero-order chi connectivity index (χ0) is 17.4. The number of hydrogen-bond acceptors (Lipinski definition) is 7. The third kappa shape index (κ3) is 6.47. The van der Waals surface area contributed by atoms with Crippen molar-refractivity contribution in [1.29, 1.82) is 0 Å². The minimum Gasteiger partial charge on any atom is -0.480 e. The fraction of sp³-hybridized carbons (Fsp3) is 0.636. The SMILES string of the molecule is C[C@@H](O)[C@H](NC(=O)[C@@H](N)CO)C(=O)N[C@@H](CC(N)=O)C(=O)O. The number of rotatable bonds is 9. The Morgan fingerprint density at radius 3 is 2.05 bits per heavy atom. The number of aliphatic carboxylic acids is 1. The molecule has 0 aromatic heterocycles. The van der Waals surface area contributed by atoms with Gasteiger partial charge in [-0.2, -0.15) is 0 Å². The van der Waals surface area contributed by atoms with Crippen molar-refractivity contribution in [1.82, 2.24) is 10.6 Å². The summed E-state index contributed by atoms with van der Waals surface area (Å²) in [5.41, 5.74) is 10.1. The molecule has 11 heteroatoms. The molecule has 3 amide bonds. The van der Waals surface area contributed by atoms with Gasteiger partial charge in [-0.25, -0.2) is 4.79 Å². The highest BCUT2D eigenvalue weighted by atomic mass is 16.4. The summed E-state index contributed by atoms with van der Waals surface area (Å²) in [6, 6.07) is -4.43. The summed E-state index contributed by atoms with van der Waals surface area (Å²) in [5, 5.41) is 31.2. The molecular formula is C11H20N4O7. The van der Waals surface area contributed by atoms with Gasteiger partial charge in [0.25, 0.3) is 0 Å². The highest BCUT2D eigenvalue weighted by molar-refractivity contribution is 5.93. The minimum atomic E-state index is -1.60. The van der Waals surface area contributed by atoms with Crippen LogP contribution in [0, 0.1) is 0 Å². The molecule has 126 valence electrons. The van der Waals surface area contributed by atoms with E-state index >= 15 is 0 Å². The van der Waals surface area contributed by atoms with Gasteiger partial charge in [0, 0.05) is 0 Å². The molecule has 4 atom stereocenters. The van der Waals surface area contributed by atoms with Gasteiger partial charge < -0.3 is 37.4 Å². The van der Waals surface area contributed by atoms with Crippen molar-refractivity contribution in [3.8, 4) is 0 Å². The number of hydrogen-bond donors (Lipinski definition) is 7. The van der Waals surface area contributed by atoms with E-state index in [1.54, 1.807) is 0 Å². The predicted molar refractivity (Wildman–Crippen MR) is 72.1 cm³/mol. The number of carboxylic acids is 1. The molecule has 0 saturated heterocycles. The summed E-state index contributed by atoms with van der Waals surface area (Å²) in [6.07, 6.45) is -2.03. The Labute approximate surface area is 125 Å². The van der Waals surface area contributed by atoms with Crippen LogP contribution < -0.4 is 22.1 Å². The van der Waals surface area contributed by atoms with E-state index in [4.69, 9.17) is 21.7 Å². The van der Waals surface area contributed by atoms with E-state index in [0.717, 1.165) is 0 Å². The molecule has 0 aliphatic heterocycles. The molecule has 22 heavy (non-hydrogen) atoms. The molecular weight excluding hydrogens is 300 g/mol. The minimum absolute atomic E-state index is 0.655. The molecule has 0 saturated carbocycles. The number of amides is 3. The smallest absolute Gasteiger partial charge is 0.326 e. The Bertz CT molecular complexity index is 440. The second-order valence-electron chi connectivity index (χ2n) is 4.59. The molecule has 0 aliphatic carbocycles. The first-order valence-electron chi connectivity index (χ1n) is 6.26. The van der Waals surface area contributed by atoms with Gasteiger partial charge in [0.05, 0.1) is 19.1 Å². The average Bonchev–Trinajstić information content (AvgIpc) is 2.41. The second-order valence-corrected chi connectivity index (χ2v) is 4.59. The Morgan fingerprint density at radius 1 is 1.14 bits per heavy atom. The number of carboxylic acid groups (broad SMARTS) is 1. The molecule has 0 spiro atoms. The Morgan fingerprint density at radius 2 is 1.68 bits per heavy atom. The van der Waals surface area contributed by atoms with Crippen molar-refractivity contribution in [2.24, 2.45) is 11.5 Å². The number of nitrogens with one attached hydrogen (secondary N) is 2. The quantitative estimate of drug-likeness (QED) is 0.220. The lowest BCUT2D eigenvalue weighted by atomic mass is 10.1. The van der Waals surface area contributed by atoms with Gasteiger partial charge in [-0.05, 0) is 6.92 Å². The number of primary amides is 1. The highest BCUT2D eigenvalue weighted by Gasteiger charge is 2.31. The highest BCUT2D eigenvalue weighted by Crippen LogP contribution is 1.98. The number of aliphatic hydroxyl groups is 2. The maximum Gasteiger partial charge on any atom is 0.326 e. The van der Waals surface area contributed by atoms with Crippen molar-refractivity contribution < 1.29 is 34.5 Å². The molecule has 11 nitrogen and oxygen atoms in total. The van der Waals surface area contributed by atoms with Gasteiger partial charge in [-0.1, -0.05) is 0 Å². The van der Waals surface area contributed by atoms with E-state index < -0.39 is 60.9 Å². The number of carbonyl (C=O) groups excluding carboxylic acids is 3. The van der Waals surface area contributed by atoms with Crippen LogP contribution in [-0.2, 0) is 19.2 Å². The Hall–Kier alpha value is -2.24. The van der Waals surface area contributed by atoms with E-state index in [2.05, 4.69) is 5.32 Å². The van der Waals surface area contributed by atoms with Crippen molar-refractivity contribution in [2.45, 2.75) is 37.6 Å². The first-order chi connectivity index (χ1) is 10.1. The van der Waals surface area contributed by atoms with Gasteiger partial charge in [0.15, 0.2) is 0 Å². The van der Waals surface area contributed by atoms with Crippen molar-refractivity contribution in [3.63, 3.8) is 0 Å². The first-order valence-corrected chi connectivity index (χ1v) is 6.26. The summed E-state index contributed by atoms with van der Waals surface area (Å²) in [6.45, 7) is 0.498. The lowest BCUT2D eigenvalue weighted by Gasteiger charge is -2.24. The number of carbonyl (C=O) groups is 4. The van der Waals surface area contributed by atoms with Crippen LogP contribution in [0.3, 0.4) is 0 Å². The van der Waals surface area contributed by atoms with Crippen LogP contribution in [0.1, 0.15) is 13.3 Å². The molecule has 0 aliphatic rings. The fourth-order valence-corrected chi connectivity index (χ4v) is 1.41. The number of aliphatic hydroxyl groups excluding tert-OH is 2. The number of nitrogens with two attached hydrogens (primary N) is 2. The van der Waals surface area contributed by atoms with Gasteiger partial charge in [-0.3, -0.25) is 14.4 Å². The largest absolute Gasteiger partial charge is 0.480 e. The normalized spacial score (nSPS) is 16.0. The van der Waals surface area contributed by atoms with Crippen LogP contribution in [0.15, 0.2) is 0 Å². The van der Waals surface area contributed by atoms with E-state index in [9.17, 15) is 24.3 Å². The van der Waals surface area contributed by atoms with Gasteiger partial charge in [0.1, 0.15) is 18.1 Å². The summed E-state index contributed by atoms with van der Waals surface area (Å²) in [7, 11) is 0. The predicted octanol–water partition coefficient (Wildman–Crippen LogP) is -4.38. The van der Waals surface area contributed by atoms with Gasteiger partial charge >= 0.3 is 5.97 Å². The van der Waals surface area contributed by atoms with Crippen molar-refractivity contribution in [2.75, 3.05) is 6.61 Å². The van der Waals surface area contributed by atoms with Crippen LogP contribution in [0.4, 0.5) is 0 Å². The summed E-state index contributed by atoms with van der Waals surface area (Å²) in [4.78, 5) is 45.1. The monoisotopic (exact) mass is 320 g/mol. The third-order valence-electron chi connectivity index (χ3n) is 2.62. The van der Waals surface area contributed by atoms with Crippen LogP contribution in [0.5, 0.6) is 0 Å². The van der Waals surface area contributed by atoms with Gasteiger partial charge in [-0.15, -0.1) is 0 Å². The van der Waals surface area contributed by atoms with Crippen LogP contribution in [-0.4, -0.2) is 69.8 Å². The fourth-order valence-electron chi connectivity index (χ4n) is 1.41. The maximum atomic E-state index is 11.9. The topological polar surface area (TPSA) is 205 Å². The molecule has 0 unspecified atom stereocenters. The molecule has 0 rings (SSSR count). The average molecular weight is 320 g/mol. The molecule has 0 heterocycles. The van der Waals surface area contributed by atoms with Crippen LogP contribution >= 0.6 is 0 Å². The lowest BCUT2D eigenvalue weighted by Crippen LogP contribution is -2.58. The van der Waals surface area contributed by atoms with E-state index in [1.165, 1.54) is 6.92 Å². The Kier molecular flexibility index (Phi) is 8.01. The second kappa shape index (κ2) is 8.92. The summed E-state index contributed by atoms with van der Waals surface area (Å²) < 4.78 is 0. The molecule has 0 fully saturated rings. The van der Waals surface area contributed by atoms with Gasteiger partial charge in [0.2, 0.25) is 17.7 Å². The van der Waals surface area contributed by atoms with Crippen LogP contribution in [0.25, 0.3) is 0 Å². The molecule has 0 bridgehead atoms. The standard InChI is InChI=1S/C11H20N4O7/c1-4(17)8(15-9(19)5(12)3-16)10(20)14-6(11(21)22)2-7(13)18/h4-6,8,16-17H,2-3,12H2,1H3,(H2,13,18)(H,14,20)(H,15,19)(H,21,22)/t4-,5+,6+,8+/m1/s1. The molecule has 9 N–H and O–H groups in total. The third-order valence-corrected chi connectivity index (χ3v) is 2.62. The zero-order valence-electron chi connectivity index (χ0n) is 11.9. The lowest BCUT2D eigenvalue weighted by molar-refractivity contribution is -0.144. The molecule has 0 radical (unpaired) electrons.